The number of anilines is 1. The monoisotopic (exact) mass is 528 g/mol. The summed E-state index contributed by atoms with van der Waals surface area (Å²) in [6.45, 7) is -0.00995. The molecule has 0 amide bonds. The zero-order valence-electron chi connectivity index (χ0n) is 19.3. The van der Waals surface area contributed by atoms with Crippen LogP contribution in [0, 0.1) is 11.6 Å². The van der Waals surface area contributed by atoms with E-state index in [0.717, 1.165) is 18.0 Å². The van der Waals surface area contributed by atoms with E-state index in [0.29, 0.717) is 11.3 Å². The van der Waals surface area contributed by atoms with E-state index in [9.17, 15) is 13.6 Å². The third kappa shape index (κ3) is 5.56. The van der Waals surface area contributed by atoms with E-state index in [1.54, 1.807) is 24.3 Å². The van der Waals surface area contributed by atoms with Crippen molar-refractivity contribution in [2.75, 3.05) is 19.0 Å². The summed E-state index contributed by atoms with van der Waals surface area (Å²) < 4.78 is 29.7. The zero-order chi connectivity index (χ0) is 25.8. The molecule has 2 heterocycles. The first kappa shape index (κ1) is 25.3. The van der Waals surface area contributed by atoms with Gasteiger partial charge in [0, 0.05) is 43.6 Å². The van der Waals surface area contributed by atoms with E-state index in [1.165, 1.54) is 29.0 Å². The van der Waals surface area contributed by atoms with Crippen molar-refractivity contribution in [3.05, 3.63) is 122 Å². The van der Waals surface area contributed by atoms with Gasteiger partial charge in [-0.25, -0.2) is 13.8 Å². The lowest BCUT2D eigenvalue weighted by Crippen LogP contribution is -2.20. The number of halogens is 4. The number of hydrogen-bond donors (Lipinski definition) is 0. The minimum absolute atomic E-state index is 0.00995. The van der Waals surface area contributed by atoms with E-state index >= 15 is 0 Å². The van der Waals surface area contributed by atoms with Crippen LogP contribution in [-0.4, -0.2) is 29.4 Å². The fraction of sp³-hybridized carbons (Fsp3) is 0.115. The molecule has 10 heteroatoms. The Kier molecular flexibility index (Phi) is 7.67. The van der Waals surface area contributed by atoms with Crippen LogP contribution in [0.25, 0.3) is 5.69 Å². The van der Waals surface area contributed by atoms with Crippen LogP contribution in [0.5, 0.6) is 0 Å². The van der Waals surface area contributed by atoms with E-state index in [2.05, 4.69) is 10.1 Å². The highest BCUT2D eigenvalue weighted by atomic mass is 35.5. The Morgan fingerprint density at radius 2 is 1.75 bits per heavy atom. The third-order valence-electron chi connectivity index (χ3n) is 5.17. The molecule has 184 valence electrons. The summed E-state index contributed by atoms with van der Waals surface area (Å²) in [6, 6.07) is 16.1. The Hall–Kier alpha value is -3.75. The van der Waals surface area contributed by atoms with Crippen molar-refractivity contribution in [1.82, 2.24) is 9.55 Å². The van der Waals surface area contributed by atoms with Gasteiger partial charge in [0.15, 0.2) is 6.61 Å². The molecule has 0 aliphatic heterocycles. The smallest absolute Gasteiger partial charge is 0.255 e. The van der Waals surface area contributed by atoms with Crippen molar-refractivity contribution in [3.8, 4) is 5.69 Å². The highest BCUT2D eigenvalue weighted by Crippen LogP contribution is 2.28. The van der Waals surface area contributed by atoms with Crippen LogP contribution in [0.4, 0.5) is 14.6 Å². The molecule has 2 aromatic carbocycles. The van der Waals surface area contributed by atoms with Crippen molar-refractivity contribution in [2.24, 2.45) is 5.16 Å². The molecule has 2 aromatic heterocycles. The van der Waals surface area contributed by atoms with Crippen molar-refractivity contribution in [1.29, 1.82) is 0 Å². The summed E-state index contributed by atoms with van der Waals surface area (Å²) in [5, 5.41) is 4.65. The predicted molar refractivity (Wildman–Crippen MR) is 137 cm³/mol. The van der Waals surface area contributed by atoms with Gasteiger partial charge in [-0.2, -0.15) is 0 Å². The van der Waals surface area contributed by atoms with Crippen molar-refractivity contribution in [2.45, 2.75) is 6.61 Å². The van der Waals surface area contributed by atoms with Crippen molar-refractivity contribution >= 4 is 34.7 Å². The van der Waals surface area contributed by atoms with Crippen LogP contribution in [0.1, 0.15) is 16.8 Å². The second-order valence-corrected chi connectivity index (χ2v) is 8.73. The fourth-order valence-corrected chi connectivity index (χ4v) is 4.00. The average Bonchev–Trinajstić information content (AvgIpc) is 2.84. The number of rotatable bonds is 7. The van der Waals surface area contributed by atoms with Gasteiger partial charge in [0.25, 0.3) is 5.56 Å². The van der Waals surface area contributed by atoms with E-state index < -0.39 is 17.2 Å². The van der Waals surface area contributed by atoms with Crippen LogP contribution < -0.4 is 10.5 Å². The molecule has 0 radical (unpaired) electrons. The maximum atomic E-state index is 14.8. The summed E-state index contributed by atoms with van der Waals surface area (Å²) in [5.74, 6) is -0.860. The molecule has 0 N–H and O–H groups in total. The average molecular weight is 529 g/mol. The first-order valence-corrected chi connectivity index (χ1v) is 11.5. The molecule has 0 aliphatic rings. The maximum Gasteiger partial charge on any atom is 0.255 e. The second-order valence-electron chi connectivity index (χ2n) is 7.92. The van der Waals surface area contributed by atoms with Gasteiger partial charge in [-0.05, 0) is 42.5 Å². The SMILES string of the molecule is CN(C)c1cccc(CO/N=C(/c2ccc(=O)n(-c3c(Cl)cccc3Cl)c2)c2ccc(F)cc2F)n1. The molecule has 0 atom stereocenters. The van der Waals surface area contributed by atoms with E-state index in [4.69, 9.17) is 28.0 Å². The molecule has 0 saturated heterocycles. The first-order valence-electron chi connectivity index (χ1n) is 10.7. The molecule has 4 aromatic rings. The Morgan fingerprint density at radius 1 is 1.03 bits per heavy atom. The van der Waals surface area contributed by atoms with Crippen LogP contribution in [0.15, 0.2) is 82.9 Å². The summed E-state index contributed by atoms with van der Waals surface area (Å²) >= 11 is 12.6. The lowest BCUT2D eigenvalue weighted by Gasteiger charge is -2.14. The molecule has 4 rings (SSSR count). The van der Waals surface area contributed by atoms with Crippen LogP contribution in [0.3, 0.4) is 0 Å². The van der Waals surface area contributed by atoms with E-state index in [1.807, 2.05) is 31.1 Å². The number of oxime groups is 1. The van der Waals surface area contributed by atoms with Gasteiger partial charge in [-0.3, -0.25) is 9.36 Å². The molecule has 0 unspecified atom stereocenters. The molecular weight excluding hydrogens is 509 g/mol. The van der Waals surface area contributed by atoms with Crippen LogP contribution in [0.2, 0.25) is 10.0 Å². The molecule has 0 bridgehead atoms. The van der Waals surface area contributed by atoms with Crippen LogP contribution in [-0.2, 0) is 11.4 Å². The molecule has 36 heavy (non-hydrogen) atoms. The Morgan fingerprint density at radius 3 is 2.44 bits per heavy atom. The number of pyridine rings is 2. The highest BCUT2D eigenvalue weighted by Gasteiger charge is 2.17. The van der Waals surface area contributed by atoms with Gasteiger partial charge in [-0.15, -0.1) is 0 Å². The normalized spacial score (nSPS) is 11.4. The van der Waals surface area contributed by atoms with Crippen LogP contribution >= 0.6 is 23.2 Å². The highest BCUT2D eigenvalue weighted by molar-refractivity contribution is 6.37. The minimum atomic E-state index is -0.849. The van der Waals surface area contributed by atoms with Crippen molar-refractivity contribution in [3.63, 3.8) is 0 Å². The zero-order valence-corrected chi connectivity index (χ0v) is 20.8. The lowest BCUT2D eigenvalue weighted by atomic mass is 10.0. The summed E-state index contributed by atoms with van der Waals surface area (Å²) in [4.78, 5) is 24.5. The molecule has 0 saturated carbocycles. The number of para-hydroxylation sites is 1. The maximum absolute atomic E-state index is 14.8. The fourth-order valence-electron chi connectivity index (χ4n) is 3.42. The molecule has 0 fully saturated rings. The lowest BCUT2D eigenvalue weighted by molar-refractivity contribution is 0.128. The first-order chi connectivity index (χ1) is 17.2. The van der Waals surface area contributed by atoms with Crippen molar-refractivity contribution < 1.29 is 13.6 Å². The quantitative estimate of drug-likeness (QED) is 0.223. The number of nitrogens with zero attached hydrogens (tertiary/aromatic N) is 4. The molecular formula is C26H20Cl2F2N4O2. The number of aromatic nitrogens is 2. The second kappa shape index (κ2) is 10.9. The van der Waals surface area contributed by atoms with Gasteiger partial charge in [0.1, 0.15) is 23.2 Å². The summed E-state index contributed by atoms with van der Waals surface area (Å²) in [5.41, 5.74) is 0.758. The number of hydrogen-bond acceptors (Lipinski definition) is 5. The molecule has 0 aliphatic carbocycles. The minimum Gasteiger partial charge on any atom is -0.389 e. The van der Waals surface area contributed by atoms with Gasteiger partial charge in [-0.1, -0.05) is 40.5 Å². The van der Waals surface area contributed by atoms with Gasteiger partial charge in [0.2, 0.25) is 0 Å². The van der Waals surface area contributed by atoms with Gasteiger partial charge < -0.3 is 9.74 Å². The van der Waals surface area contributed by atoms with Gasteiger partial charge in [0.05, 0.1) is 21.4 Å². The standard InChI is InChI=1S/C26H20Cl2F2N4O2/c1-33(2)23-8-3-5-18(31-23)15-36-32-25(19-11-10-17(29)13-22(19)30)16-9-12-24(35)34(14-16)26-20(27)6-4-7-21(26)28/h3-14H,15H2,1-2H3/b32-25-. The van der Waals surface area contributed by atoms with E-state index in [-0.39, 0.29) is 33.6 Å². The molecule has 0 spiro atoms. The summed E-state index contributed by atoms with van der Waals surface area (Å²) in [7, 11) is 3.72. The Labute approximate surface area is 216 Å². The molecule has 6 nitrogen and oxygen atoms in total. The number of benzene rings is 2. The largest absolute Gasteiger partial charge is 0.389 e. The third-order valence-corrected chi connectivity index (χ3v) is 5.78. The topological polar surface area (TPSA) is 59.7 Å². The Bertz CT molecular complexity index is 1490. The summed E-state index contributed by atoms with van der Waals surface area (Å²) in [6.07, 6.45) is 1.42. The predicted octanol–water partition coefficient (Wildman–Crippen LogP) is 5.85. The van der Waals surface area contributed by atoms with Gasteiger partial charge >= 0.3 is 0 Å². The Balaban J connectivity index is 1.78.